The molecule has 2 nitrogen and oxygen atoms in total. The van der Waals surface area contributed by atoms with Crippen LogP contribution in [-0.4, -0.2) is 12.9 Å². The van der Waals surface area contributed by atoms with Crippen LogP contribution >= 0.6 is 11.6 Å². The molecule has 2 rings (SSSR count). The minimum Gasteiger partial charge on any atom is -0.497 e. The van der Waals surface area contributed by atoms with Crippen molar-refractivity contribution < 1.29 is 9.53 Å². The lowest BCUT2D eigenvalue weighted by Gasteiger charge is -2.06. The fourth-order valence-electron chi connectivity index (χ4n) is 1.78. The smallest absolute Gasteiger partial charge is 0.193 e. The Morgan fingerprint density at radius 2 is 1.78 bits per heavy atom. The number of carbonyl (C=O) groups is 1. The summed E-state index contributed by atoms with van der Waals surface area (Å²) in [5.74, 6) is 0.728. The molecule has 0 spiro atoms. The van der Waals surface area contributed by atoms with Crippen molar-refractivity contribution in [3.8, 4) is 5.75 Å². The van der Waals surface area contributed by atoms with Crippen molar-refractivity contribution >= 4 is 17.4 Å². The first-order chi connectivity index (χ1) is 8.61. The SMILES string of the molecule is COc1ccc(C(=O)c2ccc(Cl)cc2C)cc1. The highest BCUT2D eigenvalue weighted by molar-refractivity contribution is 6.30. The molecule has 0 bridgehead atoms. The van der Waals surface area contributed by atoms with Gasteiger partial charge in [-0.15, -0.1) is 0 Å². The van der Waals surface area contributed by atoms with E-state index in [2.05, 4.69) is 0 Å². The highest BCUT2D eigenvalue weighted by Gasteiger charge is 2.11. The molecule has 0 unspecified atom stereocenters. The van der Waals surface area contributed by atoms with E-state index >= 15 is 0 Å². The molecule has 0 aromatic heterocycles. The van der Waals surface area contributed by atoms with Gasteiger partial charge in [0.15, 0.2) is 5.78 Å². The molecule has 18 heavy (non-hydrogen) atoms. The number of hydrogen-bond donors (Lipinski definition) is 0. The third-order valence-corrected chi connectivity index (χ3v) is 3.02. The van der Waals surface area contributed by atoms with Crippen molar-refractivity contribution in [2.45, 2.75) is 6.92 Å². The van der Waals surface area contributed by atoms with E-state index in [-0.39, 0.29) is 5.78 Å². The van der Waals surface area contributed by atoms with Crippen LogP contribution in [0.2, 0.25) is 5.02 Å². The maximum atomic E-state index is 12.3. The zero-order valence-electron chi connectivity index (χ0n) is 10.2. The van der Waals surface area contributed by atoms with E-state index in [4.69, 9.17) is 16.3 Å². The van der Waals surface area contributed by atoms with Gasteiger partial charge in [-0.3, -0.25) is 4.79 Å². The largest absolute Gasteiger partial charge is 0.497 e. The quantitative estimate of drug-likeness (QED) is 0.783. The second kappa shape index (κ2) is 5.23. The average Bonchev–Trinajstić information content (AvgIpc) is 2.38. The Morgan fingerprint density at radius 3 is 2.33 bits per heavy atom. The van der Waals surface area contributed by atoms with E-state index in [1.807, 2.05) is 6.92 Å². The maximum absolute atomic E-state index is 12.3. The molecule has 0 aliphatic carbocycles. The molecule has 0 radical (unpaired) electrons. The molecule has 2 aromatic carbocycles. The predicted molar refractivity (Wildman–Crippen MR) is 72.6 cm³/mol. The minimum absolute atomic E-state index is 0.00757. The molecule has 0 aliphatic heterocycles. The van der Waals surface area contributed by atoms with Gasteiger partial charge in [-0.25, -0.2) is 0 Å². The van der Waals surface area contributed by atoms with Crippen molar-refractivity contribution in [3.05, 3.63) is 64.2 Å². The number of ether oxygens (including phenoxy) is 1. The zero-order chi connectivity index (χ0) is 13.1. The van der Waals surface area contributed by atoms with Crippen LogP contribution in [0.4, 0.5) is 0 Å². The van der Waals surface area contributed by atoms with Crippen LogP contribution in [0.3, 0.4) is 0 Å². The Balaban J connectivity index is 2.35. The van der Waals surface area contributed by atoms with E-state index in [0.29, 0.717) is 16.1 Å². The number of hydrogen-bond acceptors (Lipinski definition) is 2. The highest BCUT2D eigenvalue weighted by Crippen LogP contribution is 2.20. The molecule has 0 aliphatic rings. The zero-order valence-corrected chi connectivity index (χ0v) is 11.0. The Morgan fingerprint density at radius 1 is 1.11 bits per heavy atom. The topological polar surface area (TPSA) is 26.3 Å². The molecule has 0 heterocycles. The van der Waals surface area contributed by atoms with E-state index in [1.165, 1.54) is 0 Å². The third-order valence-electron chi connectivity index (χ3n) is 2.79. The van der Waals surface area contributed by atoms with E-state index in [9.17, 15) is 4.79 Å². The van der Waals surface area contributed by atoms with Gasteiger partial charge in [0.2, 0.25) is 0 Å². The third kappa shape index (κ3) is 2.54. The van der Waals surface area contributed by atoms with Crippen LogP contribution in [0.25, 0.3) is 0 Å². The van der Waals surface area contributed by atoms with E-state index < -0.39 is 0 Å². The van der Waals surface area contributed by atoms with Crippen LogP contribution in [0.5, 0.6) is 5.75 Å². The number of aryl methyl sites for hydroxylation is 1. The Hall–Kier alpha value is -1.80. The average molecular weight is 261 g/mol. The first-order valence-electron chi connectivity index (χ1n) is 5.56. The Bertz CT molecular complexity index is 574. The Kier molecular flexibility index (Phi) is 3.68. The highest BCUT2D eigenvalue weighted by atomic mass is 35.5. The summed E-state index contributed by atoms with van der Waals surface area (Å²) in [6.45, 7) is 1.88. The van der Waals surface area contributed by atoms with Crippen molar-refractivity contribution in [1.29, 1.82) is 0 Å². The van der Waals surface area contributed by atoms with Crippen LogP contribution in [0.15, 0.2) is 42.5 Å². The molecule has 0 N–H and O–H groups in total. The summed E-state index contributed by atoms with van der Waals surface area (Å²) in [5, 5.41) is 0.638. The Labute approximate surface area is 111 Å². The normalized spacial score (nSPS) is 10.2. The van der Waals surface area contributed by atoms with Crippen molar-refractivity contribution in [2.75, 3.05) is 7.11 Å². The molecule has 0 fully saturated rings. The first-order valence-corrected chi connectivity index (χ1v) is 5.94. The molecular formula is C15H13ClO2. The number of rotatable bonds is 3. The standard InChI is InChI=1S/C15H13ClO2/c1-10-9-12(16)5-8-14(10)15(17)11-3-6-13(18-2)7-4-11/h3-9H,1-2H3. The van der Waals surface area contributed by atoms with E-state index in [0.717, 1.165) is 11.3 Å². The van der Waals surface area contributed by atoms with E-state index in [1.54, 1.807) is 49.6 Å². The van der Waals surface area contributed by atoms with Gasteiger partial charge in [0.25, 0.3) is 0 Å². The maximum Gasteiger partial charge on any atom is 0.193 e. The predicted octanol–water partition coefficient (Wildman–Crippen LogP) is 3.89. The molecule has 92 valence electrons. The number of benzene rings is 2. The lowest BCUT2D eigenvalue weighted by molar-refractivity contribution is 0.103. The van der Waals surface area contributed by atoms with Crippen molar-refractivity contribution in [2.24, 2.45) is 0 Å². The van der Waals surface area contributed by atoms with Gasteiger partial charge in [0, 0.05) is 16.1 Å². The van der Waals surface area contributed by atoms with Gasteiger partial charge in [-0.1, -0.05) is 11.6 Å². The monoisotopic (exact) mass is 260 g/mol. The first kappa shape index (κ1) is 12.7. The van der Waals surface area contributed by atoms with Crippen molar-refractivity contribution in [3.63, 3.8) is 0 Å². The summed E-state index contributed by atoms with van der Waals surface area (Å²) in [6, 6.07) is 12.3. The number of methoxy groups -OCH3 is 1. The lowest BCUT2D eigenvalue weighted by Crippen LogP contribution is -2.03. The fraction of sp³-hybridized carbons (Fsp3) is 0.133. The summed E-state index contributed by atoms with van der Waals surface area (Å²) in [7, 11) is 1.60. The van der Waals surface area contributed by atoms with Gasteiger partial charge >= 0.3 is 0 Å². The van der Waals surface area contributed by atoms with Gasteiger partial charge < -0.3 is 4.74 Å². The van der Waals surface area contributed by atoms with Crippen LogP contribution in [0.1, 0.15) is 21.5 Å². The molecule has 0 saturated heterocycles. The molecule has 3 heteroatoms. The van der Waals surface area contributed by atoms with Gasteiger partial charge in [-0.2, -0.15) is 0 Å². The summed E-state index contributed by atoms with van der Waals surface area (Å²) in [5.41, 5.74) is 2.19. The minimum atomic E-state index is -0.00757. The fourth-order valence-corrected chi connectivity index (χ4v) is 2.01. The van der Waals surface area contributed by atoms with Gasteiger partial charge in [-0.05, 0) is 55.0 Å². The second-order valence-electron chi connectivity index (χ2n) is 4.02. The van der Waals surface area contributed by atoms with Crippen LogP contribution in [-0.2, 0) is 0 Å². The molecule has 0 saturated carbocycles. The van der Waals surface area contributed by atoms with Gasteiger partial charge in [0.05, 0.1) is 7.11 Å². The van der Waals surface area contributed by atoms with Gasteiger partial charge in [0.1, 0.15) is 5.75 Å². The number of ketones is 1. The molecule has 2 aromatic rings. The summed E-state index contributed by atoms with van der Waals surface area (Å²) >= 11 is 5.88. The summed E-state index contributed by atoms with van der Waals surface area (Å²) in [6.07, 6.45) is 0. The number of halogens is 1. The summed E-state index contributed by atoms with van der Waals surface area (Å²) in [4.78, 5) is 12.3. The van der Waals surface area contributed by atoms with Crippen molar-refractivity contribution in [1.82, 2.24) is 0 Å². The van der Waals surface area contributed by atoms with Crippen LogP contribution in [0, 0.1) is 6.92 Å². The summed E-state index contributed by atoms with van der Waals surface area (Å²) < 4.78 is 5.07. The molecular weight excluding hydrogens is 248 g/mol. The number of carbonyl (C=O) groups excluding carboxylic acids is 1. The lowest BCUT2D eigenvalue weighted by atomic mass is 9.99. The second-order valence-corrected chi connectivity index (χ2v) is 4.45. The molecule has 0 amide bonds. The van der Waals surface area contributed by atoms with Crippen LogP contribution < -0.4 is 4.74 Å². The molecule has 0 atom stereocenters.